The van der Waals surface area contributed by atoms with Crippen LogP contribution in [0.5, 0.6) is 5.75 Å². The number of amides is 1. The van der Waals surface area contributed by atoms with Crippen LogP contribution < -0.4 is 10.1 Å². The third-order valence-electron chi connectivity index (χ3n) is 3.66. The summed E-state index contributed by atoms with van der Waals surface area (Å²) < 4.78 is 5.40. The first-order valence-corrected chi connectivity index (χ1v) is 7.79. The number of carbonyl (C=O) groups is 1. The molecule has 0 bridgehead atoms. The summed E-state index contributed by atoms with van der Waals surface area (Å²) in [5.41, 5.74) is 1.47. The molecular weight excluding hydrogens is 304 g/mol. The van der Waals surface area contributed by atoms with Gasteiger partial charge in [-0.05, 0) is 24.1 Å². The summed E-state index contributed by atoms with van der Waals surface area (Å²) in [5.74, 6) is 0.179. The Morgan fingerprint density at radius 1 is 1.17 bits per heavy atom. The normalized spacial score (nSPS) is 11.3. The monoisotopic (exact) mass is 324 g/mol. The van der Waals surface area contributed by atoms with Crippen LogP contribution in [0.15, 0.2) is 54.6 Å². The van der Waals surface area contributed by atoms with Crippen LogP contribution >= 0.6 is 0 Å². The number of hydrogen-bond donors (Lipinski definition) is 2. The van der Waals surface area contributed by atoms with Crippen molar-refractivity contribution in [3.8, 4) is 11.8 Å². The Morgan fingerprint density at radius 3 is 2.58 bits per heavy atom. The molecule has 5 nitrogen and oxygen atoms in total. The fourth-order valence-electron chi connectivity index (χ4n) is 2.38. The van der Waals surface area contributed by atoms with Gasteiger partial charge in [-0.1, -0.05) is 42.5 Å². The van der Waals surface area contributed by atoms with Gasteiger partial charge < -0.3 is 15.2 Å². The van der Waals surface area contributed by atoms with E-state index in [4.69, 9.17) is 10.00 Å². The van der Waals surface area contributed by atoms with Gasteiger partial charge in [0.05, 0.1) is 5.56 Å². The van der Waals surface area contributed by atoms with Crippen LogP contribution in [0.4, 0.5) is 0 Å². The van der Waals surface area contributed by atoms with Crippen LogP contribution in [0.3, 0.4) is 0 Å². The van der Waals surface area contributed by atoms with E-state index in [0.717, 1.165) is 5.56 Å². The first kappa shape index (κ1) is 17.5. The molecule has 1 unspecified atom stereocenters. The number of ether oxygens (including phenoxy) is 1. The molecule has 0 saturated heterocycles. The topological polar surface area (TPSA) is 82.3 Å². The molecule has 24 heavy (non-hydrogen) atoms. The van der Waals surface area contributed by atoms with Crippen molar-refractivity contribution >= 4 is 5.91 Å². The molecule has 5 heteroatoms. The molecule has 0 aromatic heterocycles. The highest BCUT2D eigenvalue weighted by Gasteiger charge is 2.13. The molecule has 0 aliphatic rings. The summed E-state index contributed by atoms with van der Waals surface area (Å²) in [6, 6.07) is 18.6. The molecule has 0 aliphatic heterocycles. The lowest BCUT2D eigenvalue weighted by molar-refractivity contribution is -0.123. The molecule has 0 saturated carbocycles. The van der Waals surface area contributed by atoms with Crippen LogP contribution in [-0.4, -0.2) is 30.8 Å². The van der Waals surface area contributed by atoms with Gasteiger partial charge in [-0.25, -0.2) is 0 Å². The summed E-state index contributed by atoms with van der Waals surface area (Å²) in [7, 11) is 0. The van der Waals surface area contributed by atoms with Gasteiger partial charge in [-0.3, -0.25) is 4.79 Å². The summed E-state index contributed by atoms with van der Waals surface area (Å²) >= 11 is 0. The Balaban J connectivity index is 1.86. The van der Waals surface area contributed by atoms with E-state index in [1.54, 1.807) is 24.3 Å². The predicted molar refractivity (Wildman–Crippen MR) is 90.5 cm³/mol. The van der Waals surface area contributed by atoms with Crippen molar-refractivity contribution < 1.29 is 14.6 Å². The molecule has 0 radical (unpaired) electrons. The molecular formula is C19H20N2O3. The number of benzene rings is 2. The van der Waals surface area contributed by atoms with Crippen molar-refractivity contribution in [2.75, 3.05) is 19.8 Å². The Bertz CT molecular complexity index is 695. The Labute approximate surface area is 141 Å². The standard InChI is InChI=1S/C19H20N2O3/c20-12-16-8-4-5-9-18(16)24-14-19(23)21-13-17(10-11-22)15-6-2-1-3-7-15/h1-9,17,22H,10-11,13-14H2,(H,21,23). The van der Waals surface area contributed by atoms with E-state index < -0.39 is 0 Å². The number of rotatable bonds is 8. The minimum atomic E-state index is -0.262. The highest BCUT2D eigenvalue weighted by molar-refractivity contribution is 5.77. The molecule has 124 valence electrons. The van der Waals surface area contributed by atoms with Gasteiger partial charge in [0.15, 0.2) is 6.61 Å². The van der Waals surface area contributed by atoms with Crippen LogP contribution in [-0.2, 0) is 4.79 Å². The highest BCUT2D eigenvalue weighted by Crippen LogP contribution is 2.18. The minimum absolute atomic E-state index is 0.0477. The number of nitrogens with zero attached hydrogens (tertiary/aromatic N) is 1. The first-order valence-electron chi connectivity index (χ1n) is 7.79. The zero-order valence-electron chi connectivity index (χ0n) is 13.3. The molecule has 2 aromatic carbocycles. The molecule has 0 spiro atoms. The lowest BCUT2D eigenvalue weighted by Gasteiger charge is -2.17. The molecule has 1 atom stereocenters. The number of carbonyl (C=O) groups excluding carboxylic acids is 1. The zero-order valence-corrected chi connectivity index (χ0v) is 13.3. The Hall–Kier alpha value is -2.84. The van der Waals surface area contributed by atoms with E-state index >= 15 is 0 Å². The molecule has 2 rings (SSSR count). The third kappa shape index (κ3) is 5.11. The number of nitriles is 1. The van der Waals surface area contributed by atoms with Gasteiger partial charge >= 0.3 is 0 Å². The maximum atomic E-state index is 12.0. The van der Waals surface area contributed by atoms with Crippen LogP contribution in [0.25, 0.3) is 0 Å². The van der Waals surface area contributed by atoms with E-state index in [2.05, 4.69) is 5.32 Å². The minimum Gasteiger partial charge on any atom is -0.482 e. The lowest BCUT2D eigenvalue weighted by atomic mass is 9.96. The number of nitrogens with one attached hydrogen (secondary N) is 1. The average Bonchev–Trinajstić information content (AvgIpc) is 2.64. The van der Waals surface area contributed by atoms with Crippen molar-refractivity contribution in [2.45, 2.75) is 12.3 Å². The van der Waals surface area contributed by atoms with E-state index in [9.17, 15) is 9.90 Å². The van der Waals surface area contributed by atoms with Gasteiger partial charge in [0.1, 0.15) is 11.8 Å². The van der Waals surface area contributed by atoms with Gasteiger partial charge in [0.25, 0.3) is 5.91 Å². The molecule has 1 amide bonds. The van der Waals surface area contributed by atoms with Crippen LogP contribution in [0.2, 0.25) is 0 Å². The smallest absolute Gasteiger partial charge is 0.257 e. The van der Waals surface area contributed by atoms with Gasteiger partial charge in [-0.15, -0.1) is 0 Å². The van der Waals surface area contributed by atoms with Crippen molar-refractivity contribution in [1.29, 1.82) is 5.26 Å². The SMILES string of the molecule is N#Cc1ccccc1OCC(=O)NCC(CCO)c1ccccc1. The fourth-order valence-corrected chi connectivity index (χ4v) is 2.38. The summed E-state index contributed by atoms with van der Waals surface area (Å²) in [4.78, 5) is 12.0. The molecule has 0 fully saturated rings. The highest BCUT2D eigenvalue weighted by atomic mass is 16.5. The zero-order chi connectivity index (χ0) is 17.2. The molecule has 2 N–H and O–H groups in total. The summed E-state index contributed by atoms with van der Waals surface area (Å²) in [5, 5.41) is 21.0. The number of aliphatic hydroxyl groups is 1. The van der Waals surface area contributed by atoms with Gasteiger partial charge in [0.2, 0.25) is 0 Å². The van der Waals surface area contributed by atoms with Crippen molar-refractivity contribution in [3.05, 3.63) is 65.7 Å². The van der Waals surface area contributed by atoms with Crippen LogP contribution in [0, 0.1) is 11.3 Å². The Morgan fingerprint density at radius 2 is 1.88 bits per heavy atom. The number of hydrogen-bond acceptors (Lipinski definition) is 4. The quantitative estimate of drug-likeness (QED) is 0.780. The van der Waals surface area contributed by atoms with E-state index in [1.165, 1.54) is 0 Å². The maximum absolute atomic E-state index is 12.0. The average molecular weight is 324 g/mol. The van der Waals surface area contributed by atoms with E-state index in [0.29, 0.717) is 24.3 Å². The van der Waals surface area contributed by atoms with Gasteiger partial charge in [0, 0.05) is 19.1 Å². The second-order valence-corrected chi connectivity index (χ2v) is 5.32. The number of aliphatic hydroxyl groups excluding tert-OH is 1. The van der Waals surface area contributed by atoms with Crippen molar-refractivity contribution in [3.63, 3.8) is 0 Å². The second-order valence-electron chi connectivity index (χ2n) is 5.32. The van der Waals surface area contributed by atoms with E-state index in [1.807, 2.05) is 36.4 Å². The first-order chi connectivity index (χ1) is 11.7. The van der Waals surface area contributed by atoms with Crippen molar-refractivity contribution in [2.24, 2.45) is 0 Å². The second kappa shape index (κ2) is 9.33. The fraction of sp³-hybridized carbons (Fsp3) is 0.263. The largest absolute Gasteiger partial charge is 0.482 e. The third-order valence-corrected chi connectivity index (χ3v) is 3.66. The predicted octanol–water partition coefficient (Wildman–Crippen LogP) is 2.22. The molecule has 2 aromatic rings. The number of para-hydroxylation sites is 1. The van der Waals surface area contributed by atoms with Crippen molar-refractivity contribution in [1.82, 2.24) is 5.32 Å². The van der Waals surface area contributed by atoms with Crippen LogP contribution in [0.1, 0.15) is 23.5 Å². The lowest BCUT2D eigenvalue weighted by Crippen LogP contribution is -2.32. The summed E-state index contributed by atoms with van der Waals surface area (Å²) in [6.07, 6.45) is 0.572. The molecule has 0 heterocycles. The van der Waals surface area contributed by atoms with Gasteiger partial charge in [-0.2, -0.15) is 5.26 Å². The van der Waals surface area contributed by atoms with E-state index in [-0.39, 0.29) is 25.0 Å². The molecule has 0 aliphatic carbocycles. The maximum Gasteiger partial charge on any atom is 0.257 e. The summed E-state index contributed by atoms with van der Waals surface area (Å²) in [6.45, 7) is 0.327. The Kier molecular flexibility index (Phi) is 6.81.